The van der Waals surface area contributed by atoms with Crippen molar-refractivity contribution in [3.63, 3.8) is 0 Å². The molecule has 16 heavy (non-hydrogen) atoms. The number of rotatable bonds is 5. The lowest BCUT2D eigenvalue weighted by Gasteiger charge is -2.14. The van der Waals surface area contributed by atoms with E-state index in [0.717, 1.165) is 11.1 Å². The van der Waals surface area contributed by atoms with Crippen molar-refractivity contribution < 1.29 is 14.6 Å². The monoisotopic (exact) mass is 223 g/mol. The number of hydrogen-bond acceptors (Lipinski definition) is 3. The average Bonchev–Trinajstić information content (AvgIpc) is 2.16. The van der Waals surface area contributed by atoms with E-state index in [2.05, 4.69) is 0 Å². The molecule has 1 unspecified atom stereocenters. The molecule has 0 aliphatic carbocycles. The molecule has 1 rings (SSSR count). The van der Waals surface area contributed by atoms with Crippen molar-refractivity contribution in [2.45, 2.75) is 19.9 Å². The fourth-order valence-corrected chi connectivity index (χ4v) is 1.60. The zero-order valence-electron chi connectivity index (χ0n) is 9.56. The van der Waals surface area contributed by atoms with Crippen LogP contribution in [-0.4, -0.2) is 24.3 Å². The summed E-state index contributed by atoms with van der Waals surface area (Å²) in [4.78, 5) is 10.3. The van der Waals surface area contributed by atoms with E-state index in [0.29, 0.717) is 0 Å². The zero-order chi connectivity index (χ0) is 12.1. The van der Waals surface area contributed by atoms with Gasteiger partial charge >= 0.3 is 5.97 Å². The van der Waals surface area contributed by atoms with Crippen molar-refractivity contribution in [3.8, 4) is 0 Å². The fourth-order valence-electron chi connectivity index (χ4n) is 1.60. The Hall–Kier alpha value is -1.39. The quantitative estimate of drug-likeness (QED) is 0.791. The zero-order valence-corrected chi connectivity index (χ0v) is 9.56. The van der Waals surface area contributed by atoms with Gasteiger partial charge in [0.2, 0.25) is 0 Å². The predicted molar refractivity (Wildman–Crippen MR) is 61.3 cm³/mol. The molecule has 0 aromatic heterocycles. The van der Waals surface area contributed by atoms with Gasteiger partial charge in [0.1, 0.15) is 6.61 Å². The van der Waals surface area contributed by atoms with Crippen LogP contribution in [-0.2, 0) is 9.53 Å². The molecule has 0 bridgehead atoms. The van der Waals surface area contributed by atoms with Crippen molar-refractivity contribution in [1.82, 2.24) is 0 Å². The molecule has 0 amide bonds. The average molecular weight is 223 g/mol. The van der Waals surface area contributed by atoms with E-state index in [1.54, 1.807) is 0 Å². The minimum absolute atomic E-state index is 0.218. The van der Waals surface area contributed by atoms with Gasteiger partial charge in [0.05, 0.1) is 12.6 Å². The molecule has 1 aromatic rings. The van der Waals surface area contributed by atoms with Gasteiger partial charge in [-0.15, -0.1) is 0 Å². The van der Waals surface area contributed by atoms with Gasteiger partial charge < -0.3 is 15.6 Å². The van der Waals surface area contributed by atoms with Crippen LogP contribution in [0.4, 0.5) is 0 Å². The van der Waals surface area contributed by atoms with Crippen molar-refractivity contribution in [3.05, 3.63) is 34.9 Å². The highest BCUT2D eigenvalue weighted by Gasteiger charge is 2.09. The van der Waals surface area contributed by atoms with E-state index in [4.69, 9.17) is 15.6 Å². The Kier molecular flexibility index (Phi) is 4.46. The lowest BCUT2D eigenvalue weighted by molar-refractivity contribution is -0.142. The fraction of sp³-hybridized carbons (Fsp3) is 0.417. The third-order valence-corrected chi connectivity index (χ3v) is 2.35. The topological polar surface area (TPSA) is 72.5 Å². The summed E-state index contributed by atoms with van der Waals surface area (Å²) in [5, 5.41) is 8.42. The number of ether oxygens (including phenoxy) is 1. The van der Waals surface area contributed by atoms with Gasteiger partial charge in [-0.3, -0.25) is 0 Å². The molecule has 0 fully saturated rings. The van der Waals surface area contributed by atoms with Gasteiger partial charge in [0.15, 0.2) is 0 Å². The maximum Gasteiger partial charge on any atom is 0.329 e. The molecule has 4 nitrogen and oxygen atoms in total. The first-order valence-electron chi connectivity index (χ1n) is 5.13. The van der Waals surface area contributed by atoms with Crippen molar-refractivity contribution in [2.75, 3.05) is 13.2 Å². The molecule has 1 aromatic carbocycles. The van der Waals surface area contributed by atoms with Crippen LogP contribution in [0, 0.1) is 13.8 Å². The second kappa shape index (κ2) is 5.63. The van der Waals surface area contributed by atoms with Crippen LogP contribution in [0.25, 0.3) is 0 Å². The lowest BCUT2D eigenvalue weighted by atomic mass is 10.0. The normalized spacial score (nSPS) is 12.4. The summed E-state index contributed by atoms with van der Waals surface area (Å²) in [7, 11) is 0. The summed E-state index contributed by atoms with van der Waals surface area (Å²) in [6, 6.07) is 5.71. The summed E-state index contributed by atoms with van der Waals surface area (Å²) in [6.07, 6.45) is 0. The molecular formula is C12H17NO3. The number of carboxylic acid groups (broad SMARTS) is 1. The number of nitrogens with two attached hydrogens (primary N) is 1. The molecule has 4 heteroatoms. The third-order valence-electron chi connectivity index (χ3n) is 2.35. The van der Waals surface area contributed by atoms with Crippen LogP contribution in [0.1, 0.15) is 22.7 Å². The van der Waals surface area contributed by atoms with E-state index in [1.807, 2.05) is 32.0 Å². The third kappa shape index (κ3) is 3.64. The summed E-state index contributed by atoms with van der Waals surface area (Å²) in [5.41, 5.74) is 9.19. The molecule has 0 spiro atoms. The van der Waals surface area contributed by atoms with Crippen LogP contribution in [0.15, 0.2) is 18.2 Å². The Bertz CT molecular complexity index is 377. The van der Waals surface area contributed by atoms with Gasteiger partial charge in [-0.2, -0.15) is 0 Å². The van der Waals surface area contributed by atoms with Crippen LogP contribution in [0.5, 0.6) is 0 Å². The van der Waals surface area contributed by atoms with Gasteiger partial charge in [0, 0.05) is 0 Å². The maximum atomic E-state index is 10.3. The number of carbonyl (C=O) groups is 1. The lowest BCUT2D eigenvalue weighted by Crippen LogP contribution is -2.20. The second-order valence-corrected chi connectivity index (χ2v) is 3.88. The Labute approximate surface area is 95.0 Å². The second-order valence-electron chi connectivity index (χ2n) is 3.88. The number of benzene rings is 1. The standard InChI is InChI=1S/C12H17NO3/c1-8-3-4-10(9(2)5-8)11(13)6-16-7-12(14)15/h3-5,11H,6-7,13H2,1-2H3,(H,14,15). The summed E-state index contributed by atoms with van der Waals surface area (Å²) in [6.45, 7) is 3.91. The molecule has 0 radical (unpaired) electrons. The molecule has 1 atom stereocenters. The largest absolute Gasteiger partial charge is 0.480 e. The molecule has 0 aliphatic heterocycles. The molecule has 0 aliphatic rings. The van der Waals surface area contributed by atoms with Gasteiger partial charge in [-0.25, -0.2) is 4.79 Å². The Morgan fingerprint density at radius 1 is 1.50 bits per heavy atom. The SMILES string of the molecule is Cc1ccc(C(N)COCC(=O)O)c(C)c1. The van der Waals surface area contributed by atoms with E-state index < -0.39 is 5.97 Å². The number of carboxylic acids is 1. The van der Waals surface area contributed by atoms with Crippen LogP contribution < -0.4 is 5.73 Å². The van der Waals surface area contributed by atoms with Gasteiger partial charge in [0.25, 0.3) is 0 Å². The smallest absolute Gasteiger partial charge is 0.329 e. The van der Waals surface area contributed by atoms with E-state index in [9.17, 15) is 4.79 Å². The first-order chi connectivity index (χ1) is 7.50. The van der Waals surface area contributed by atoms with E-state index in [-0.39, 0.29) is 19.3 Å². The number of hydrogen-bond donors (Lipinski definition) is 2. The van der Waals surface area contributed by atoms with Gasteiger partial charge in [-0.1, -0.05) is 23.8 Å². The highest BCUT2D eigenvalue weighted by atomic mass is 16.5. The maximum absolute atomic E-state index is 10.3. The van der Waals surface area contributed by atoms with E-state index in [1.165, 1.54) is 5.56 Å². The van der Waals surface area contributed by atoms with Gasteiger partial charge in [-0.05, 0) is 25.0 Å². The summed E-state index contributed by atoms with van der Waals surface area (Å²) >= 11 is 0. The van der Waals surface area contributed by atoms with E-state index >= 15 is 0 Å². The Balaban J connectivity index is 2.58. The van der Waals surface area contributed by atoms with Crippen LogP contribution in [0.3, 0.4) is 0 Å². The van der Waals surface area contributed by atoms with Crippen LogP contribution in [0.2, 0.25) is 0 Å². The predicted octanol–water partition coefficient (Wildman–Crippen LogP) is 1.40. The van der Waals surface area contributed by atoms with Crippen molar-refractivity contribution in [1.29, 1.82) is 0 Å². The molecule has 88 valence electrons. The minimum Gasteiger partial charge on any atom is -0.480 e. The molecular weight excluding hydrogens is 206 g/mol. The van der Waals surface area contributed by atoms with Crippen LogP contribution >= 0.6 is 0 Å². The number of aryl methyl sites for hydroxylation is 2. The Morgan fingerprint density at radius 3 is 2.75 bits per heavy atom. The Morgan fingerprint density at radius 2 is 2.19 bits per heavy atom. The van der Waals surface area contributed by atoms with Crippen molar-refractivity contribution in [2.24, 2.45) is 5.73 Å². The summed E-state index contributed by atoms with van der Waals surface area (Å²) < 4.78 is 4.97. The first kappa shape index (κ1) is 12.7. The molecule has 0 saturated heterocycles. The highest BCUT2D eigenvalue weighted by Crippen LogP contribution is 2.17. The van der Waals surface area contributed by atoms with Crippen molar-refractivity contribution >= 4 is 5.97 Å². The molecule has 0 saturated carbocycles. The minimum atomic E-state index is -0.979. The molecule has 0 heterocycles. The molecule has 3 N–H and O–H groups in total. The highest BCUT2D eigenvalue weighted by molar-refractivity contribution is 5.67. The number of aliphatic carboxylic acids is 1. The first-order valence-corrected chi connectivity index (χ1v) is 5.13. The summed E-state index contributed by atoms with van der Waals surface area (Å²) in [5.74, 6) is -0.979.